The molecule has 31 heavy (non-hydrogen) atoms. The Morgan fingerprint density at radius 1 is 0.839 bits per heavy atom. The van der Waals surface area contributed by atoms with Crippen LogP contribution in [0.4, 0.5) is 0 Å². The molecule has 0 amide bonds. The molecule has 4 atom stereocenters. The second kappa shape index (κ2) is 20.2. The normalized spacial score (nSPS) is 22.5. The zero-order valence-corrected chi connectivity index (χ0v) is 20.1. The predicted molar refractivity (Wildman–Crippen MR) is 127 cm³/mol. The molecule has 0 spiro atoms. The highest BCUT2D eigenvalue weighted by Gasteiger charge is 2.40. The van der Waals surface area contributed by atoms with Crippen LogP contribution in [-0.2, 0) is 9.47 Å². The molecule has 0 radical (unpaired) electrons. The minimum absolute atomic E-state index is 0.144. The van der Waals surface area contributed by atoms with Crippen molar-refractivity contribution in [1.82, 2.24) is 0 Å². The van der Waals surface area contributed by atoms with Gasteiger partial charge in [-0.25, -0.2) is 0 Å². The fourth-order valence-corrected chi connectivity index (χ4v) is 4.19. The van der Waals surface area contributed by atoms with Crippen molar-refractivity contribution in [3.05, 3.63) is 12.2 Å². The van der Waals surface area contributed by atoms with E-state index < -0.39 is 24.4 Å². The number of hydrogen-bond donors (Lipinski definition) is 3. The van der Waals surface area contributed by atoms with E-state index in [0.29, 0.717) is 6.61 Å². The van der Waals surface area contributed by atoms with Gasteiger partial charge in [-0.05, 0) is 25.7 Å². The Balaban J connectivity index is 1.84. The fourth-order valence-electron chi connectivity index (χ4n) is 4.19. The molecular weight excluding hydrogens is 392 g/mol. The van der Waals surface area contributed by atoms with E-state index in [0.717, 1.165) is 19.3 Å². The molecule has 1 fully saturated rings. The maximum Gasteiger partial charge on any atom is 0.114 e. The Labute approximate surface area is 191 Å². The van der Waals surface area contributed by atoms with Crippen molar-refractivity contribution < 1.29 is 24.8 Å². The van der Waals surface area contributed by atoms with Gasteiger partial charge in [0.2, 0.25) is 0 Å². The highest BCUT2D eigenvalue weighted by atomic mass is 16.6. The van der Waals surface area contributed by atoms with Crippen LogP contribution in [0.5, 0.6) is 0 Å². The van der Waals surface area contributed by atoms with Crippen molar-refractivity contribution in [2.24, 2.45) is 0 Å². The summed E-state index contributed by atoms with van der Waals surface area (Å²) >= 11 is 0. The Hall–Kier alpha value is -0.460. The molecule has 0 aliphatic carbocycles. The second-order valence-electron chi connectivity index (χ2n) is 9.10. The summed E-state index contributed by atoms with van der Waals surface area (Å²) in [6, 6.07) is 0. The average molecular weight is 443 g/mol. The SMILES string of the molecule is CCCCCCCCCCCCCCC/C=C/CCCO[C@H]1[C@@H]([C@H](O)CO)OC[C@@H]1O. The Kier molecular flexibility index (Phi) is 18.6. The lowest BCUT2D eigenvalue weighted by Gasteiger charge is -2.23. The van der Waals surface area contributed by atoms with Gasteiger partial charge in [0.25, 0.3) is 0 Å². The van der Waals surface area contributed by atoms with Gasteiger partial charge in [0.15, 0.2) is 0 Å². The van der Waals surface area contributed by atoms with E-state index in [4.69, 9.17) is 14.6 Å². The van der Waals surface area contributed by atoms with Crippen molar-refractivity contribution in [1.29, 1.82) is 0 Å². The number of allylic oxidation sites excluding steroid dienone is 2. The molecule has 1 rings (SSSR count). The molecule has 0 saturated carbocycles. The topological polar surface area (TPSA) is 79.2 Å². The molecule has 1 heterocycles. The van der Waals surface area contributed by atoms with E-state index in [9.17, 15) is 10.2 Å². The summed E-state index contributed by atoms with van der Waals surface area (Å²) in [5.41, 5.74) is 0. The van der Waals surface area contributed by atoms with Gasteiger partial charge < -0.3 is 24.8 Å². The van der Waals surface area contributed by atoms with E-state index >= 15 is 0 Å². The quantitative estimate of drug-likeness (QED) is 0.166. The van der Waals surface area contributed by atoms with Gasteiger partial charge >= 0.3 is 0 Å². The number of ether oxygens (including phenoxy) is 2. The highest BCUT2D eigenvalue weighted by Crippen LogP contribution is 2.21. The fraction of sp³-hybridized carbons (Fsp3) is 0.923. The molecule has 1 aliphatic rings. The molecule has 0 aromatic carbocycles. The standard InChI is InChI=1S/C26H50O5/c1-2-3-4-5-6-7-8-9-10-11-12-13-14-15-16-17-18-19-20-30-26-24(29)22-31-25(26)23(28)21-27/h16-17,23-29H,2-15,18-22H2,1H3/b17-16+/t23-,24+,25-,26-/m1/s1. The third kappa shape index (κ3) is 14.3. The van der Waals surface area contributed by atoms with Gasteiger partial charge in [0.05, 0.1) is 13.2 Å². The molecule has 1 aliphatic heterocycles. The minimum Gasteiger partial charge on any atom is -0.394 e. The first-order valence-corrected chi connectivity index (χ1v) is 13.1. The number of unbranched alkanes of at least 4 members (excludes halogenated alkanes) is 14. The lowest BCUT2D eigenvalue weighted by Crippen LogP contribution is -2.42. The highest BCUT2D eigenvalue weighted by molar-refractivity contribution is 4.89. The molecule has 5 heteroatoms. The van der Waals surface area contributed by atoms with Crippen molar-refractivity contribution in [3.63, 3.8) is 0 Å². The third-order valence-corrected chi connectivity index (χ3v) is 6.20. The van der Waals surface area contributed by atoms with Crippen molar-refractivity contribution in [2.45, 2.75) is 134 Å². The van der Waals surface area contributed by atoms with Crippen molar-refractivity contribution in [3.8, 4) is 0 Å². The van der Waals surface area contributed by atoms with Crippen LogP contribution >= 0.6 is 0 Å². The Morgan fingerprint density at radius 3 is 1.90 bits per heavy atom. The van der Waals surface area contributed by atoms with E-state index in [1.807, 2.05) is 0 Å². The number of aliphatic hydroxyl groups is 3. The average Bonchev–Trinajstić information content (AvgIpc) is 3.15. The van der Waals surface area contributed by atoms with Gasteiger partial charge in [-0.3, -0.25) is 0 Å². The van der Waals surface area contributed by atoms with Gasteiger partial charge in [0, 0.05) is 6.61 Å². The Morgan fingerprint density at radius 2 is 1.35 bits per heavy atom. The summed E-state index contributed by atoms with van der Waals surface area (Å²) in [6.45, 7) is 2.55. The molecular formula is C26H50O5. The zero-order valence-electron chi connectivity index (χ0n) is 20.1. The molecule has 184 valence electrons. The van der Waals surface area contributed by atoms with Gasteiger partial charge in [-0.2, -0.15) is 0 Å². The van der Waals surface area contributed by atoms with Crippen LogP contribution in [0, 0.1) is 0 Å². The largest absolute Gasteiger partial charge is 0.394 e. The smallest absolute Gasteiger partial charge is 0.114 e. The summed E-state index contributed by atoms with van der Waals surface area (Å²) in [4.78, 5) is 0. The molecule has 5 nitrogen and oxygen atoms in total. The molecule has 0 aromatic rings. The monoisotopic (exact) mass is 442 g/mol. The lowest BCUT2D eigenvalue weighted by molar-refractivity contribution is -0.0935. The van der Waals surface area contributed by atoms with Crippen molar-refractivity contribution >= 4 is 0 Å². The van der Waals surface area contributed by atoms with Crippen molar-refractivity contribution in [2.75, 3.05) is 19.8 Å². The van der Waals surface area contributed by atoms with Crippen LogP contribution in [0.1, 0.15) is 110 Å². The molecule has 0 unspecified atom stereocenters. The molecule has 1 saturated heterocycles. The first-order chi connectivity index (χ1) is 15.2. The van der Waals surface area contributed by atoms with Crippen LogP contribution in [0.25, 0.3) is 0 Å². The van der Waals surface area contributed by atoms with Gasteiger partial charge in [-0.15, -0.1) is 0 Å². The van der Waals surface area contributed by atoms with Gasteiger partial charge in [-0.1, -0.05) is 96.1 Å². The summed E-state index contributed by atoms with van der Waals surface area (Å²) in [5.74, 6) is 0. The maximum atomic E-state index is 9.90. The first-order valence-electron chi connectivity index (χ1n) is 13.1. The van der Waals surface area contributed by atoms with Crippen LogP contribution in [-0.4, -0.2) is 59.6 Å². The van der Waals surface area contributed by atoms with Gasteiger partial charge in [0.1, 0.15) is 24.4 Å². The van der Waals surface area contributed by atoms with Crippen LogP contribution in [0.2, 0.25) is 0 Å². The summed E-state index contributed by atoms with van der Waals surface area (Å²) in [6.07, 6.45) is 22.6. The van der Waals surface area contributed by atoms with Crippen LogP contribution in [0.15, 0.2) is 12.2 Å². The third-order valence-electron chi connectivity index (χ3n) is 6.20. The predicted octanol–water partition coefficient (Wildman–Crippen LogP) is 5.30. The number of hydrogen-bond acceptors (Lipinski definition) is 5. The van der Waals surface area contributed by atoms with E-state index in [-0.39, 0.29) is 13.2 Å². The first kappa shape index (κ1) is 28.6. The molecule has 0 aromatic heterocycles. The lowest BCUT2D eigenvalue weighted by atomic mass is 10.0. The van der Waals surface area contributed by atoms with E-state index in [1.54, 1.807) is 0 Å². The molecule has 3 N–H and O–H groups in total. The minimum atomic E-state index is -1.01. The van der Waals surface area contributed by atoms with E-state index in [1.165, 1.54) is 83.5 Å². The zero-order chi connectivity index (χ0) is 22.6. The van der Waals surface area contributed by atoms with Crippen LogP contribution in [0.3, 0.4) is 0 Å². The van der Waals surface area contributed by atoms with Crippen LogP contribution < -0.4 is 0 Å². The maximum absolute atomic E-state index is 9.90. The number of aliphatic hydroxyl groups excluding tert-OH is 3. The summed E-state index contributed by atoms with van der Waals surface area (Å²) in [7, 11) is 0. The number of rotatable bonds is 21. The molecule has 0 bridgehead atoms. The van der Waals surface area contributed by atoms with E-state index in [2.05, 4.69) is 19.1 Å². The Bertz CT molecular complexity index is 415. The second-order valence-corrected chi connectivity index (χ2v) is 9.10. The summed E-state index contributed by atoms with van der Waals surface area (Å²) in [5, 5.41) is 28.7. The summed E-state index contributed by atoms with van der Waals surface area (Å²) < 4.78 is 11.0.